The highest BCUT2D eigenvalue weighted by Crippen LogP contribution is 2.60. The van der Waals surface area contributed by atoms with Crippen LogP contribution < -0.4 is 10.6 Å². The molecule has 0 aliphatic heterocycles. The third-order valence-corrected chi connectivity index (χ3v) is 13.7. The molecule has 54 heavy (non-hydrogen) atoms. The van der Waals surface area contributed by atoms with Gasteiger partial charge < -0.3 is 20.5 Å². The molecule has 12 rings (SSSR count). The zero-order chi connectivity index (χ0) is 37.2. The fraction of sp³-hybridized carbons (Fsp3) is 0.571. The van der Waals surface area contributed by atoms with Gasteiger partial charge in [-0.3, -0.25) is 18.4 Å². The molecule has 12 nitrogen and oxygen atoms in total. The molecule has 12 heteroatoms. The molecule has 3 N–H and O–H groups in total. The van der Waals surface area contributed by atoms with Crippen molar-refractivity contribution >= 4 is 35.0 Å². The largest absolute Gasteiger partial charge is 0.476 e. The van der Waals surface area contributed by atoms with E-state index in [4.69, 9.17) is 9.84 Å². The van der Waals surface area contributed by atoms with Crippen LogP contribution in [-0.4, -0.2) is 67.3 Å². The molecule has 0 radical (unpaired) electrons. The van der Waals surface area contributed by atoms with Crippen LogP contribution in [-0.2, 0) is 4.74 Å². The minimum atomic E-state index is -1.09. The molecule has 0 saturated heterocycles. The van der Waals surface area contributed by atoms with E-state index in [9.17, 15) is 19.2 Å². The van der Waals surface area contributed by atoms with Crippen molar-refractivity contribution in [3.05, 3.63) is 71.6 Å². The number of ether oxygens (including phenoxy) is 1. The normalized spacial score (nSPS) is 31.3. The van der Waals surface area contributed by atoms with Crippen LogP contribution in [0.3, 0.4) is 0 Å². The maximum absolute atomic E-state index is 13.0. The highest BCUT2D eigenvalue weighted by atomic mass is 16.5. The summed E-state index contributed by atoms with van der Waals surface area (Å²) in [6.45, 7) is 3.54. The molecule has 0 spiro atoms. The number of carbonyl (C=O) groups is 4. The van der Waals surface area contributed by atoms with Gasteiger partial charge in [-0.2, -0.15) is 0 Å². The van der Waals surface area contributed by atoms with E-state index < -0.39 is 11.9 Å². The molecular formula is C42H50N6O6. The number of nitrogens with zero attached hydrogens (tertiary/aromatic N) is 4. The number of esters is 1. The second kappa shape index (κ2) is 13.5. The van der Waals surface area contributed by atoms with Crippen LogP contribution in [0.2, 0.25) is 0 Å². The predicted molar refractivity (Wildman–Crippen MR) is 199 cm³/mol. The highest BCUT2D eigenvalue weighted by Gasteiger charge is 2.52. The predicted octanol–water partition coefficient (Wildman–Crippen LogP) is 6.44. The average molecular weight is 735 g/mol. The topological polar surface area (TPSA) is 156 Å². The number of imidazole rings is 2. The third kappa shape index (κ3) is 6.55. The summed E-state index contributed by atoms with van der Waals surface area (Å²) in [7, 11) is 0. The van der Waals surface area contributed by atoms with Crippen molar-refractivity contribution < 1.29 is 29.0 Å². The van der Waals surface area contributed by atoms with E-state index in [1.165, 1.54) is 83.2 Å². The standard InChI is InChI=1S/C22H27N3O3.C20H23N3O3/c1-2-28-21(27)17-12-25-18(4-3-5-19(25)24-17)20(26)23-13-22-9-14-6-15(10-22)8-16(7-14)11-22;24-18(16-2-1-3-17-22-15(19(25)26)10-23(16)17)21-11-20-7-12-4-13(8-20)6-14(5-12)9-20/h3-5,12,14-16H,2,6-11,13H2,1H3,(H,23,26);1-3,10,12-14H,4-9,11H2,(H,21,24)(H,25,26). The van der Waals surface area contributed by atoms with Crippen LogP contribution in [0.15, 0.2) is 48.8 Å². The van der Waals surface area contributed by atoms with Gasteiger partial charge in [0.25, 0.3) is 11.8 Å². The van der Waals surface area contributed by atoms with Gasteiger partial charge >= 0.3 is 11.9 Å². The molecule has 0 unspecified atom stereocenters. The lowest BCUT2D eigenvalue weighted by atomic mass is 9.49. The number of aromatic nitrogens is 4. The van der Waals surface area contributed by atoms with Gasteiger partial charge in [0.1, 0.15) is 22.7 Å². The minimum absolute atomic E-state index is 0.0497. The van der Waals surface area contributed by atoms with E-state index in [2.05, 4.69) is 20.6 Å². The first-order valence-corrected chi connectivity index (χ1v) is 20.0. The Bertz CT molecular complexity index is 2060. The number of carboxylic acid groups (broad SMARTS) is 1. The van der Waals surface area contributed by atoms with Gasteiger partial charge in [0, 0.05) is 25.5 Å². The average Bonchev–Trinajstić information content (AvgIpc) is 3.78. The van der Waals surface area contributed by atoms with Gasteiger partial charge in [0.05, 0.1) is 6.61 Å². The van der Waals surface area contributed by atoms with Gasteiger partial charge in [0.2, 0.25) is 0 Å². The Balaban J connectivity index is 0.000000143. The summed E-state index contributed by atoms with van der Waals surface area (Å²) in [5.74, 6) is 3.36. The Labute approximate surface area is 314 Å². The van der Waals surface area contributed by atoms with Crippen LogP contribution in [0.1, 0.15) is 126 Å². The van der Waals surface area contributed by atoms with Crippen LogP contribution in [0.4, 0.5) is 0 Å². The molecule has 0 atom stereocenters. The Hall–Kier alpha value is -4.74. The van der Waals surface area contributed by atoms with Crippen molar-refractivity contribution in [3.63, 3.8) is 0 Å². The highest BCUT2D eigenvalue weighted by molar-refractivity contribution is 5.95. The number of aromatic carboxylic acids is 1. The third-order valence-electron chi connectivity index (χ3n) is 13.7. The van der Waals surface area contributed by atoms with Crippen molar-refractivity contribution in [3.8, 4) is 0 Å². The Morgan fingerprint density at radius 1 is 0.667 bits per heavy atom. The molecular weight excluding hydrogens is 684 g/mol. The molecule has 8 aliphatic rings. The number of fused-ring (bicyclic) bond motifs is 2. The molecule has 4 aromatic rings. The van der Waals surface area contributed by atoms with E-state index in [0.29, 0.717) is 34.7 Å². The zero-order valence-electron chi connectivity index (χ0n) is 31.0. The molecule has 4 aromatic heterocycles. The van der Waals surface area contributed by atoms with Crippen molar-refractivity contribution in [2.75, 3.05) is 19.7 Å². The SMILES string of the molecule is CCOC(=O)c1cn2c(C(=O)NCC34CC5CC(CC(C5)C3)C4)cccc2n1.O=C(O)c1cn2c(C(=O)NCC34CC5CC(CC(C5)C3)C4)cccc2n1. The number of hydrogen-bond donors (Lipinski definition) is 3. The van der Waals surface area contributed by atoms with Gasteiger partial charge in [-0.25, -0.2) is 19.6 Å². The summed E-state index contributed by atoms with van der Waals surface area (Å²) in [6, 6.07) is 10.5. The van der Waals surface area contributed by atoms with E-state index in [-0.39, 0.29) is 28.6 Å². The molecule has 284 valence electrons. The van der Waals surface area contributed by atoms with E-state index in [0.717, 1.165) is 48.6 Å². The quantitative estimate of drug-likeness (QED) is 0.166. The van der Waals surface area contributed by atoms with Crippen molar-refractivity contribution in [2.45, 2.75) is 84.0 Å². The number of nitrogens with one attached hydrogen (secondary N) is 2. The summed E-state index contributed by atoms with van der Waals surface area (Å²) in [5, 5.41) is 15.5. The minimum Gasteiger partial charge on any atom is -0.476 e. The number of pyridine rings is 2. The second-order valence-electron chi connectivity index (χ2n) is 17.8. The summed E-state index contributed by atoms with van der Waals surface area (Å²) in [6.07, 6.45) is 18.9. The lowest BCUT2D eigenvalue weighted by Gasteiger charge is -2.56. The lowest BCUT2D eigenvalue weighted by Crippen LogP contribution is -2.51. The number of amides is 2. The molecule has 8 fully saturated rings. The van der Waals surface area contributed by atoms with Crippen LogP contribution >= 0.6 is 0 Å². The van der Waals surface area contributed by atoms with Gasteiger partial charge in [0.15, 0.2) is 11.4 Å². The van der Waals surface area contributed by atoms with Crippen molar-refractivity contribution in [2.24, 2.45) is 46.3 Å². The van der Waals surface area contributed by atoms with E-state index in [1.807, 2.05) is 0 Å². The fourth-order valence-corrected chi connectivity index (χ4v) is 12.5. The van der Waals surface area contributed by atoms with Crippen molar-refractivity contribution in [1.29, 1.82) is 0 Å². The molecule has 0 aromatic carbocycles. The summed E-state index contributed by atoms with van der Waals surface area (Å²) < 4.78 is 8.28. The van der Waals surface area contributed by atoms with Gasteiger partial charge in [-0.1, -0.05) is 12.1 Å². The first kappa shape index (κ1) is 35.0. The summed E-state index contributed by atoms with van der Waals surface area (Å²) >= 11 is 0. The lowest BCUT2D eigenvalue weighted by molar-refractivity contribution is -0.0504. The first-order valence-electron chi connectivity index (χ1n) is 20.0. The summed E-state index contributed by atoms with van der Waals surface area (Å²) in [4.78, 5) is 57.3. The molecule has 8 bridgehead atoms. The molecule has 4 heterocycles. The van der Waals surface area contributed by atoms with Crippen molar-refractivity contribution in [1.82, 2.24) is 29.4 Å². The second-order valence-corrected chi connectivity index (χ2v) is 17.8. The summed E-state index contributed by atoms with van der Waals surface area (Å²) in [5.41, 5.74) is 2.74. The maximum atomic E-state index is 13.0. The number of hydrogen-bond acceptors (Lipinski definition) is 7. The molecule has 2 amide bonds. The number of rotatable bonds is 9. The smallest absolute Gasteiger partial charge is 0.358 e. The first-order chi connectivity index (χ1) is 26.1. The Morgan fingerprint density at radius 3 is 1.44 bits per heavy atom. The van der Waals surface area contributed by atoms with Crippen LogP contribution in [0.25, 0.3) is 11.3 Å². The van der Waals surface area contributed by atoms with Gasteiger partial charge in [-0.05, 0) is 155 Å². The number of carbonyl (C=O) groups excluding carboxylic acids is 3. The maximum Gasteiger partial charge on any atom is 0.358 e. The zero-order valence-corrected chi connectivity index (χ0v) is 31.0. The fourth-order valence-electron chi connectivity index (χ4n) is 12.5. The van der Waals surface area contributed by atoms with Gasteiger partial charge in [-0.15, -0.1) is 0 Å². The monoisotopic (exact) mass is 734 g/mol. The molecule has 8 aliphatic carbocycles. The Morgan fingerprint density at radius 2 is 1.06 bits per heavy atom. The Kier molecular flexibility index (Phi) is 8.77. The van der Waals surface area contributed by atoms with E-state index in [1.54, 1.807) is 58.3 Å². The van der Waals surface area contributed by atoms with E-state index >= 15 is 0 Å². The number of carboxylic acids is 1. The van der Waals surface area contributed by atoms with Crippen LogP contribution in [0.5, 0.6) is 0 Å². The van der Waals surface area contributed by atoms with Crippen LogP contribution in [0, 0.1) is 46.3 Å². The molecule has 8 saturated carbocycles.